The molecule has 0 spiro atoms. The molecule has 0 aliphatic carbocycles. The maximum atomic E-state index is 5.41. The summed E-state index contributed by atoms with van der Waals surface area (Å²) in [6.07, 6.45) is 0. The van der Waals surface area contributed by atoms with E-state index in [-0.39, 0.29) is 0 Å². The lowest BCUT2D eigenvalue weighted by atomic mass is 10.1. The van der Waals surface area contributed by atoms with E-state index in [1.807, 2.05) is 42.5 Å². The van der Waals surface area contributed by atoms with Crippen molar-refractivity contribution >= 4 is 26.8 Å². The highest BCUT2D eigenvalue weighted by molar-refractivity contribution is 9.10. The predicted octanol–water partition coefficient (Wildman–Crippen LogP) is 4.67. The van der Waals surface area contributed by atoms with Gasteiger partial charge in [0, 0.05) is 15.4 Å². The summed E-state index contributed by atoms with van der Waals surface area (Å²) in [6.45, 7) is 0. The van der Waals surface area contributed by atoms with E-state index in [1.54, 1.807) is 7.11 Å². The van der Waals surface area contributed by atoms with Gasteiger partial charge in [-0.25, -0.2) is 4.98 Å². The molecule has 0 saturated carbocycles. The third kappa shape index (κ3) is 2.22. The van der Waals surface area contributed by atoms with Crippen LogP contribution in [0.3, 0.4) is 0 Å². The minimum atomic E-state index is 0.825. The Balaban J connectivity index is 2.27. The molecule has 0 radical (unpaired) electrons. The Morgan fingerprint density at radius 2 is 1.74 bits per heavy atom. The number of rotatable bonds is 2. The van der Waals surface area contributed by atoms with Gasteiger partial charge in [-0.05, 0) is 40.2 Å². The first kappa shape index (κ1) is 12.2. The standard InChI is InChI=1S/C16H12BrNO/c1-19-15-9-5-3-7-12(15)16-13(17)10-11-6-2-4-8-14(11)18-16/h2-10H,1H3. The summed E-state index contributed by atoms with van der Waals surface area (Å²) in [7, 11) is 1.67. The molecule has 0 fully saturated rings. The average molecular weight is 314 g/mol. The molecule has 0 N–H and O–H groups in total. The first-order chi connectivity index (χ1) is 9.29. The number of pyridine rings is 1. The number of nitrogens with zero attached hydrogens (tertiary/aromatic N) is 1. The Labute approximate surface area is 120 Å². The highest BCUT2D eigenvalue weighted by Gasteiger charge is 2.11. The summed E-state index contributed by atoms with van der Waals surface area (Å²) in [5, 5.41) is 1.12. The number of benzene rings is 2. The van der Waals surface area contributed by atoms with Gasteiger partial charge in [-0.15, -0.1) is 0 Å². The van der Waals surface area contributed by atoms with E-state index in [9.17, 15) is 0 Å². The molecule has 3 heteroatoms. The average Bonchev–Trinajstić information content (AvgIpc) is 2.46. The SMILES string of the molecule is COc1ccccc1-c1nc2ccccc2cc1Br. The third-order valence-electron chi connectivity index (χ3n) is 3.04. The zero-order valence-electron chi connectivity index (χ0n) is 10.4. The van der Waals surface area contributed by atoms with Crippen LogP contribution in [0.25, 0.3) is 22.2 Å². The van der Waals surface area contributed by atoms with Crippen molar-refractivity contribution in [1.29, 1.82) is 0 Å². The Morgan fingerprint density at radius 3 is 2.58 bits per heavy atom. The van der Waals surface area contributed by atoms with E-state index in [0.29, 0.717) is 0 Å². The van der Waals surface area contributed by atoms with Crippen molar-refractivity contribution in [2.24, 2.45) is 0 Å². The van der Waals surface area contributed by atoms with Crippen molar-refractivity contribution in [3.63, 3.8) is 0 Å². The first-order valence-electron chi connectivity index (χ1n) is 5.98. The van der Waals surface area contributed by atoms with E-state index in [2.05, 4.69) is 28.1 Å². The normalized spacial score (nSPS) is 10.6. The number of hydrogen-bond acceptors (Lipinski definition) is 2. The molecule has 94 valence electrons. The molecule has 2 aromatic carbocycles. The van der Waals surface area contributed by atoms with E-state index in [0.717, 1.165) is 32.4 Å². The minimum absolute atomic E-state index is 0.825. The van der Waals surface area contributed by atoms with Gasteiger partial charge in [0.15, 0.2) is 0 Å². The maximum absolute atomic E-state index is 5.41. The molecule has 0 bridgehead atoms. The molecular weight excluding hydrogens is 302 g/mol. The van der Waals surface area contributed by atoms with Crippen LogP contribution in [-0.4, -0.2) is 12.1 Å². The van der Waals surface area contributed by atoms with E-state index in [4.69, 9.17) is 9.72 Å². The summed E-state index contributed by atoms with van der Waals surface area (Å²) >= 11 is 3.60. The topological polar surface area (TPSA) is 22.1 Å². The number of hydrogen-bond donors (Lipinski definition) is 0. The van der Waals surface area contributed by atoms with Crippen LogP contribution in [0.1, 0.15) is 0 Å². The highest BCUT2D eigenvalue weighted by Crippen LogP contribution is 2.34. The van der Waals surface area contributed by atoms with Gasteiger partial charge in [0.25, 0.3) is 0 Å². The summed E-state index contributed by atoms with van der Waals surface area (Å²) in [6, 6.07) is 18.1. The quantitative estimate of drug-likeness (QED) is 0.685. The largest absolute Gasteiger partial charge is 0.496 e. The molecule has 19 heavy (non-hydrogen) atoms. The second-order valence-corrected chi connectivity index (χ2v) is 5.07. The number of ether oxygens (including phenoxy) is 1. The van der Waals surface area contributed by atoms with Crippen molar-refractivity contribution in [1.82, 2.24) is 4.98 Å². The molecule has 0 amide bonds. The predicted molar refractivity (Wildman–Crippen MR) is 81.4 cm³/mol. The van der Waals surface area contributed by atoms with Crippen molar-refractivity contribution in [2.45, 2.75) is 0 Å². The second kappa shape index (κ2) is 5.02. The number of fused-ring (bicyclic) bond motifs is 1. The molecule has 2 nitrogen and oxygen atoms in total. The summed E-state index contributed by atoms with van der Waals surface area (Å²) in [5.41, 5.74) is 2.87. The number of aromatic nitrogens is 1. The Kier molecular flexibility index (Phi) is 3.22. The second-order valence-electron chi connectivity index (χ2n) is 4.21. The Bertz CT molecular complexity index is 740. The van der Waals surface area contributed by atoms with Gasteiger partial charge in [-0.1, -0.05) is 30.3 Å². The zero-order valence-corrected chi connectivity index (χ0v) is 12.0. The highest BCUT2D eigenvalue weighted by atomic mass is 79.9. The van der Waals surface area contributed by atoms with Crippen molar-refractivity contribution in [3.05, 3.63) is 59.1 Å². The van der Waals surface area contributed by atoms with E-state index < -0.39 is 0 Å². The molecule has 0 aliphatic rings. The van der Waals surface area contributed by atoms with E-state index >= 15 is 0 Å². The van der Waals surface area contributed by atoms with Crippen molar-refractivity contribution in [2.75, 3.05) is 7.11 Å². The van der Waals surface area contributed by atoms with Crippen LogP contribution in [0.4, 0.5) is 0 Å². The fourth-order valence-electron chi connectivity index (χ4n) is 2.12. The van der Waals surface area contributed by atoms with E-state index in [1.165, 1.54) is 0 Å². The molecule has 1 aromatic heterocycles. The van der Waals surface area contributed by atoms with Gasteiger partial charge in [0.05, 0.1) is 18.3 Å². The summed E-state index contributed by atoms with van der Waals surface area (Å²) in [4.78, 5) is 4.73. The summed E-state index contributed by atoms with van der Waals surface area (Å²) in [5.74, 6) is 0.825. The van der Waals surface area contributed by atoms with Gasteiger partial charge < -0.3 is 4.74 Å². The molecule has 3 aromatic rings. The van der Waals surface area contributed by atoms with Crippen LogP contribution < -0.4 is 4.74 Å². The van der Waals surface area contributed by atoms with Crippen LogP contribution in [0.2, 0.25) is 0 Å². The molecule has 0 aliphatic heterocycles. The number of halogens is 1. The van der Waals surface area contributed by atoms with Crippen LogP contribution >= 0.6 is 15.9 Å². The molecular formula is C16H12BrNO. The van der Waals surface area contributed by atoms with Gasteiger partial charge in [-0.3, -0.25) is 0 Å². The molecule has 3 rings (SSSR count). The fourth-order valence-corrected chi connectivity index (χ4v) is 2.67. The van der Waals surface area contributed by atoms with Crippen molar-refractivity contribution in [3.8, 4) is 17.0 Å². The molecule has 0 unspecified atom stereocenters. The number of methoxy groups -OCH3 is 1. The molecule has 0 atom stereocenters. The Hall–Kier alpha value is -1.87. The minimum Gasteiger partial charge on any atom is -0.496 e. The van der Waals surface area contributed by atoms with Gasteiger partial charge in [0.1, 0.15) is 5.75 Å². The van der Waals surface area contributed by atoms with Gasteiger partial charge in [0.2, 0.25) is 0 Å². The fraction of sp³-hybridized carbons (Fsp3) is 0.0625. The number of para-hydroxylation sites is 2. The van der Waals surface area contributed by atoms with Crippen LogP contribution in [0, 0.1) is 0 Å². The van der Waals surface area contributed by atoms with Crippen LogP contribution in [-0.2, 0) is 0 Å². The maximum Gasteiger partial charge on any atom is 0.128 e. The smallest absolute Gasteiger partial charge is 0.128 e. The lowest BCUT2D eigenvalue weighted by Crippen LogP contribution is -1.91. The van der Waals surface area contributed by atoms with Gasteiger partial charge in [-0.2, -0.15) is 0 Å². The van der Waals surface area contributed by atoms with Crippen LogP contribution in [0.15, 0.2) is 59.1 Å². The lowest BCUT2D eigenvalue weighted by Gasteiger charge is -2.10. The molecule has 1 heterocycles. The summed E-state index contributed by atoms with van der Waals surface area (Å²) < 4.78 is 6.37. The lowest BCUT2D eigenvalue weighted by molar-refractivity contribution is 0.416. The van der Waals surface area contributed by atoms with Crippen molar-refractivity contribution < 1.29 is 4.74 Å². The van der Waals surface area contributed by atoms with Crippen LogP contribution in [0.5, 0.6) is 5.75 Å². The molecule has 0 saturated heterocycles. The Morgan fingerprint density at radius 1 is 1.00 bits per heavy atom. The van der Waals surface area contributed by atoms with Gasteiger partial charge >= 0.3 is 0 Å². The monoisotopic (exact) mass is 313 g/mol. The first-order valence-corrected chi connectivity index (χ1v) is 6.77. The third-order valence-corrected chi connectivity index (χ3v) is 3.64. The zero-order chi connectivity index (χ0) is 13.2.